The molecular weight excluding hydrogens is 446 g/mol. The van der Waals surface area contributed by atoms with Gasteiger partial charge in [0.25, 0.3) is 5.91 Å². The molecule has 1 fully saturated rings. The van der Waals surface area contributed by atoms with E-state index < -0.39 is 17.9 Å². The largest absolute Gasteiger partial charge is 0.497 e. The molecular formula is C27H33N3O5. The van der Waals surface area contributed by atoms with E-state index >= 15 is 0 Å². The van der Waals surface area contributed by atoms with Crippen LogP contribution in [0.5, 0.6) is 5.75 Å². The lowest BCUT2D eigenvalue weighted by atomic mass is 10.1. The van der Waals surface area contributed by atoms with E-state index in [2.05, 4.69) is 41.4 Å². The fourth-order valence-corrected chi connectivity index (χ4v) is 3.78. The van der Waals surface area contributed by atoms with E-state index in [1.807, 2.05) is 12.1 Å². The molecule has 0 aliphatic carbocycles. The summed E-state index contributed by atoms with van der Waals surface area (Å²) in [6.45, 7) is 6.82. The quantitative estimate of drug-likeness (QED) is 0.439. The Morgan fingerprint density at radius 1 is 1.06 bits per heavy atom. The molecule has 8 heteroatoms. The number of benzene rings is 2. The monoisotopic (exact) mass is 479 g/mol. The Hall–Kier alpha value is -3.65. The number of nitrogens with one attached hydrogen (secondary N) is 1. The van der Waals surface area contributed by atoms with Crippen molar-refractivity contribution in [2.24, 2.45) is 0 Å². The zero-order chi connectivity index (χ0) is 25.2. The molecule has 0 aromatic heterocycles. The number of nitrogens with zero attached hydrogens (tertiary/aromatic N) is 2. The maximum Gasteiger partial charge on any atom is 0.328 e. The van der Waals surface area contributed by atoms with Crippen molar-refractivity contribution in [3.63, 3.8) is 0 Å². The smallest absolute Gasteiger partial charge is 0.328 e. The molecule has 2 aromatic carbocycles. The molecule has 0 bridgehead atoms. The summed E-state index contributed by atoms with van der Waals surface area (Å²) in [5, 5.41) is 2.55. The topological polar surface area (TPSA) is 88.2 Å². The molecule has 1 N–H and O–H groups in total. The standard InChI is InChI=1S/C27H33N3O5/c1-20-5-4-6-23(17-20)18-29-13-15-30(16-14-29)26(32)19-35-27(33)21(2)28-25(31)12-9-22-7-10-24(34-3)11-8-22/h4-12,17,21H,13-16,18-19H2,1-3H3,(H,28,31)/b12-9+/t21-/m0/s1. The predicted molar refractivity (Wildman–Crippen MR) is 134 cm³/mol. The minimum atomic E-state index is -0.873. The van der Waals surface area contributed by atoms with Gasteiger partial charge in [0.2, 0.25) is 5.91 Å². The van der Waals surface area contributed by atoms with Crippen LogP contribution in [0, 0.1) is 6.92 Å². The maximum atomic E-state index is 12.5. The molecule has 1 aliphatic rings. The number of hydrogen-bond donors (Lipinski definition) is 1. The summed E-state index contributed by atoms with van der Waals surface area (Å²) in [4.78, 5) is 40.9. The highest BCUT2D eigenvalue weighted by Gasteiger charge is 2.23. The molecule has 35 heavy (non-hydrogen) atoms. The second-order valence-electron chi connectivity index (χ2n) is 8.59. The van der Waals surface area contributed by atoms with Crippen molar-refractivity contribution in [3.8, 4) is 5.75 Å². The van der Waals surface area contributed by atoms with Gasteiger partial charge in [-0.05, 0) is 43.2 Å². The number of piperazine rings is 1. The van der Waals surface area contributed by atoms with Gasteiger partial charge in [-0.3, -0.25) is 14.5 Å². The van der Waals surface area contributed by atoms with E-state index in [0.717, 1.165) is 30.9 Å². The van der Waals surface area contributed by atoms with Crippen molar-refractivity contribution < 1.29 is 23.9 Å². The van der Waals surface area contributed by atoms with Gasteiger partial charge < -0.3 is 19.7 Å². The molecule has 2 aromatic rings. The number of carbonyl (C=O) groups excluding carboxylic acids is 3. The fraction of sp³-hybridized carbons (Fsp3) is 0.370. The second-order valence-corrected chi connectivity index (χ2v) is 8.59. The molecule has 2 amide bonds. The van der Waals surface area contributed by atoms with Gasteiger partial charge in [-0.25, -0.2) is 4.79 Å². The SMILES string of the molecule is COc1ccc(/C=C/C(=O)N[C@@H](C)C(=O)OCC(=O)N2CCN(Cc3cccc(C)c3)CC2)cc1. The maximum absolute atomic E-state index is 12.5. The van der Waals surface area contributed by atoms with Gasteiger partial charge in [0, 0.05) is 38.8 Å². The summed E-state index contributed by atoms with van der Waals surface area (Å²) < 4.78 is 10.2. The van der Waals surface area contributed by atoms with Crippen molar-refractivity contribution in [1.29, 1.82) is 0 Å². The predicted octanol–water partition coefficient (Wildman–Crippen LogP) is 2.41. The van der Waals surface area contributed by atoms with Crippen molar-refractivity contribution >= 4 is 23.9 Å². The Morgan fingerprint density at radius 3 is 2.43 bits per heavy atom. The first-order valence-corrected chi connectivity index (χ1v) is 11.7. The van der Waals surface area contributed by atoms with Crippen LogP contribution in [0.15, 0.2) is 54.6 Å². The van der Waals surface area contributed by atoms with Crippen LogP contribution in [-0.4, -0.2) is 73.5 Å². The van der Waals surface area contributed by atoms with Gasteiger partial charge in [-0.15, -0.1) is 0 Å². The minimum Gasteiger partial charge on any atom is -0.497 e. The Balaban J connectivity index is 1.36. The molecule has 0 saturated carbocycles. The van der Waals surface area contributed by atoms with E-state index in [1.54, 1.807) is 30.2 Å². The lowest BCUT2D eigenvalue weighted by molar-refractivity contribution is -0.154. The van der Waals surface area contributed by atoms with Gasteiger partial charge in [0.05, 0.1) is 7.11 Å². The van der Waals surface area contributed by atoms with Gasteiger partial charge in [0.1, 0.15) is 11.8 Å². The number of aryl methyl sites for hydroxylation is 1. The van der Waals surface area contributed by atoms with Gasteiger partial charge in [0.15, 0.2) is 6.61 Å². The number of methoxy groups -OCH3 is 1. The summed E-state index contributed by atoms with van der Waals surface area (Å²) in [6, 6.07) is 14.7. The van der Waals surface area contributed by atoms with Crippen LogP contribution < -0.4 is 10.1 Å². The molecule has 186 valence electrons. The summed E-state index contributed by atoms with van der Waals surface area (Å²) in [5.41, 5.74) is 3.31. The summed E-state index contributed by atoms with van der Waals surface area (Å²) in [7, 11) is 1.58. The molecule has 0 radical (unpaired) electrons. The molecule has 8 nitrogen and oxygen atoms in total. The molecule has 1 saturated heterocycles. The summed E-state index contributed by atoms with van der Waals surface area (Å²) >= 11 is 0. The first-order chi connectivity index (χ1) is 16.8. The third-order valence-corrected chi connectivity index (χ3v) is 5.81. The normalized spacial score (nSPS) is 15.0. The third-order valence-electron chi connectivity index (χ3n) is 5.81. The van der Waals surface area contributed by atoms with Crippen LogP contribution in [-0.2, 0) is 25.7 Å². The zero-order valence-corrected chi connectivity index (χ0v) is 20.5. The van der Waals surface area contributed by atoms with Crippen LogP contribution in [0.25, 0.3) is 6.08 Å². The average Bonchev–Trinajstić information content (AvgIpc) is 2.86. The minimum absolute atomic E-state index is 0.230. The zero-order valence-electron chi connectivity index (χ0n) is 20.5. The summed E-state index contributed by atoms with van der Waals surface area (Å²) in [6.07, 6.45) is 2.97. The van der Waals surface area contributed by atoms with Crippen LogP contribution in [0.3, 0.4) is 0 Å². The summed E-state index contributed by atoms with van der Waals surface area (Å²) in [5.74, 6) is -0.586. The van der Waals surface area contributed by atoms with Gasteiger partial charge in [-0.2, -0.15) is 0 Å². The molecule has 1 atom stereocenters. The molecule has 0 unspecified atom stereocenters. The van der Waals surface area contributed by atoms with Crippen LogP contribution >= 0.6 is 0 Å². The molecule has 1 aliphatic heterocycles. The van der Waals surface area contributed by atoms with E-state index in [0.29, 0.717) is 13.1 Å². The number of hydrogen-bond acceptors (Lipinski definition) is 6. The van der Waals surface area contributed by atoms with Crippen LogP contribution in [0.2, 0.25) is 0 Å². The van der Waals surface area contributed by atoms with Crippen molar-refractivity contribution in [1.82, 2.24) is 15.1 Å². The fourth-order valence-electron chi connectivity index (χ4n) is 3.78. The van der Waals surface area contributed by atoms with Crippen LogP contribution in [0.1, 0.15) is 23.6 Å². The Morgan fingerprint density at radius 2 is 1.77 bits per heavy atom. The van der Waals surface area contributed by atoms with Crippen LogP contribution in [0.4, 0.5) is 0 Å². The lowest BCUT2D eigenvalue weighted by Gasteiger charge is -2.34. The van der Waals surface area contributed by atoms with Gasteiger partial charge >= 0.3 is 5.97 Å². The highest BCUT2D eigenvalue weighted by atomic mass is 16.5. The number of esters is 1. The Labute approximate surface area is 206 Å². The highest BCUT2D eigenvalue weighted by Crippen LogP contribution is 2.12. The van der Waals surface area contributed by atoms with Crippen molar-refractivity contribution in [2.45, 2.75) is 26.4 Å². The number of ether oxygens (including phenoxy) is 2. The number of rotatable bonds is 9. The Kier molecular flexibility index (Phi) is 9.43. The van der Waals surface area contributed by atoms with E-state index in [9.17, 15) is 14.4 Å². The third kappa shape index (κ3) is 8.26. The van der Waals surface area contributed by atoms with E-state index in [-0.39, 0.29) is 12.5 Å². The molecule has 3 rings (SSSR count). The highest BCUT2D eigenvalue weighted by molar-refractivity contribution is 5.94. The first kappa shape index (κ1) is 26.0. The van der Waals surface area contributed by atoms with E-state index in [4.69, 9.17) is 9.47 Å². The second kappa shape index (κ2) is 12.7. The Bertz CT molecular complexity index is 1040. The number of amides is 2. The van der Waals surface area contributed by atoms with E-state index in [1.165, 1.54) is 24.1 Å². The van der Waals surface area contributed by atoms with Gasteiger partial charge in [-0.1, -0.05) is 42.0 Å². The number of carbonyl (C=O) groups is 3. The molecule has 0 spiro atoms. The molecule has 1 heterocycles. The van der Waals surface area contributed by atoms with Crippen molar-refractivity contribution in [3.05, 3.63) is 71.3 Å². The first-order valence-electron chi connectivity index (χ1n) is 11.7. The lowest BCUT2D eigenvalue weighted by Crippen LogP contribution is -2.49. The van der Waals surface area contributed by atoms with Crippen molar-refractivity contribution in [2.75, 3.05) is 39.9 Å². The average molecular weight is 480 g/mol.